The largest absolute Gasteiger partial charge is 0.497 e. The minimum atomic E-state index is -0.470. The van der Waals surface area contributed by atoms with E-state index in [9.17, 15) is 10.1 Å². The zero-order valence-electron chi connectivity index (χ0n) is 11.9. The molecule has 0 unspecified atom stereocenters. The molecule has 0 amide bonds. The summed E-state index contributed by atoms with van der Waals surface area (Å²) < 4.78 is 10.1. The molecule has 0 radical (unpaired) electrons. The molecule has 7 heteroatoms. The summed E-state index contributed by atoms with van der Waals surface area (Å²) in [4.78, 5) is 16.5. The Bertz CT molecular complexity index is 643. The number of nitrogens with zero attached hydrogens (tertiary/aromatic N) is 3. The smallest absolute Gasteiger partial charge is 0.312 e. The molecular formula is C14H15N3O4. The highest BCUT2D eigenvalue weighted by Gasteiger charge is 2.21. The summed E-state index contributed by atoms with van der Waals surface area (Å²) in [6.07, 6.45) is 0. The standard InChI is InChI=1S/C14H15N3O4/c1-16(10-4-6-11(20-2)7-5-10)14-12(17(18)19)8-9-13(15-14)21-3/h4-9H,1-3H3. The summed E-state index contributed by atoms with van der Waals surface area (Å²) in [5.41, 5.74) is 0.661. The van der Waals surface area contributed by atoms with E-state index in [0.717, 1.165) is 5.69 Å². The number of methoxy groups -OCH3 is 2. The average molecular weight is 289 g/mol. The van der Waals surface area contributed by atoms with E-state index in [4.69, 9.17) is 9.47 Å². The summed E-state index contributed by atoms with van der Waals surface area (Å²) in [6, 6.07) is 9.98. The molecule has 1 aromatic carbocycles. The fourth-order valence-corrected chi connectivity index (χ4v) is 1.85. The van der Waals surface area contributed by atoms with Gasteiger partial charge in [-0.05, 0) is 24.3 Å². The molecule has 0 bridgehead atoms. The van der Waals surface area contributed by atoms with Gasteiger partial charge < -0.3 is 14.4 Å². The minimum absolute atomic E-state index is 0.0888. The molecule has 0 N–H and O–H groups in total. The van der Waals surface area contributed by atoms with Crippen LogP contribution < -0.4 is 14.4 Å². The fourth-order valence-electron chi connectivity index (χ4n) is 1.85. The van der Waals surface area contributed by atoms with Gasteiger partial charge in [0.1, 0.15) is 5.75 Å². The van der Waals surface area contributed by atoms with Crippen LogP contribution in [-0.2, 0) is 0 Å². The molecule has 2 rings (SSSR count). The van der Waals surface area contributed by atoms with Crippen molar-refractivity contribution >= 4 is 17.2 Å². The van der Waals surface area contributed by atoms with E-state index in [-0.39, 0.29) is 11.5 Å². The van der Waals surface area contributed by atoms with Crippen LogP contribution in [0.4, 0.5) is 17.2 Å². The number of ether oxygens (including phenoxy) is 2. The molecule has 21 heavy (non-hydrogen) atoms. The number of pyridine rings is 1. The molecule has 0 spiro atoms. The molecule has 0 saturated carbocycles. The van der Waals surface area contributed by atoms with Crippen LogP contribution in [0.2, 0.25) is 0 Å². The van der Waals surface area contributed by atoms with E-state index in [0.29, 0.717) is 11.6 Å². The van der Waals surface area contributed by atoms with Gasteiger partial charge in [-0.1, -0.05) is 0 Å². The molecule has 0 aliphatic heterocycles. The zero-order valence-corrected chi connectivity index (χ0v) is 11.9. The van der Waals surface area contributed by atoms with Crippen molar-refractivity contribution in [2.24, 2.45) is 0 Å². The van der Waals surface area contributed by atoms with Crippen molar-refractivity contribution < 1.29 is 14.4 Å². The zero-order chi connectivity index (χ0) is 15.4. The lowest BCUT2D eigenvalue weighted by Gasteiger charge is -2.18. The summed E-state index contributed by atoms with van der Waals surface area (Å²) in [5.74, 6) is 1.24. The van der Waals surface area contributed by atoms with Crippen molar-refractivity contribution in [3.63, 3.8) is 0 Å². The maximum Gasteiger partial charge on any atom is 0.312 e. The average Bonchev–Trinajstić information content (AvgIpc) is 2.53. The van der Waals surface area contributed by atoms with Crippen LogP contribution in [0.3, 0.4) is 0 Å². The Hall–Kier alpha value is -2.83. The normalized spacial score (nSPS) is 10.0. The first-order valence-corrected chi connectivity index (χ1v) is 6.14. The predicted molar refractivity (Wildman–Crippen MR) is 78.5 cm³/mol. The van der Waals surface area contributed by atoms with Gasteiger partial charge >= 0.3 is 5.69 Å². The fraction of sp³-hybridized carbons (Fsp3) is 0.214. The number of hydrogen-bond donors (Lipinski definition) is 0. The Morgan fingerprint density at radius 1 is 1.10 bits per heavy atom. The maximum atomic E-state index is 11.1. The van der Waals surface area contributed by atoms with Crippen LogP contribution in [-0.4, -0.2) is 31.2 Å². The van der Waals surface area contributed by atoms with Crippen molar-refractivity contribution in [2.45, 2.75) is 0 Å². The topological polar surface area (TPSA) is 77.7 Å². The quantitative estimate of drug-likeness (QED) is 0.622. The van der Waals surface area contributed by atoms with Crippen LogP contribution >= 0.6 is 0 Å². The van der Waals surface area contributed by atoms with Gasteiger partial charge in [-0.25, -0.2) is 0 Å². The molecule has 0 aliphatic carbocycles. The van der Waals surface area contributed by atoms with Crippen molar-refractivity contribution in [2.75, 3.05) is 26.2 Å². The first-order chi connectivity index (χ1) is 10.1. The molecule has 1 aromatic heterocycles. The van der Waals surface area contributed by atoms with Gasteiger partial charge in [0, 0.05) is 24.9 Å². The van der Waals surface area contributed by atoms with Crippen LogP contribution in [0.1, 0.15) is 0 Å². The summed E-state index contributed by atoms with van der Waals surface area (Å²) >= 11 is 0. The van der Waals surface area contributed by atoms with E-state index in [1.54, 1.807) is 43.3 Å². The SMILES string of the molecule is COc1ccc(N(C)c2nc(OC)ccc2[N+](=O)[O-])cc1. The Morgan fingerprint density at radius 2 is 1.76 bits per heavy atom. The van der Waals surface area contributed by atoms with Crippen LogP contribution in [0.15, 0.2) is 36.4 Å². The third-order valence-electron chi connectivity index (χ3n) is 3.01. The Morgan fingerprint density at radius 3 is 2.29 bits per heavy atom. The molecule has 110 valence electrons. The first kappa shape index (κ1) is 14.6. The van der Waals surface area contributed by atoms with Gasteiger partial charge in [-0.3, -0.25) is 10.1 Å². The van der Waals surface area contributed by atoms with E-state index in [1.165, 1.54) is 19.2 Å². The highest BCUT2D eigenvalue weighted by atomic mass is 16.6. The maximum absolute atomic E-state index is 11.1. The number of hydrogen-bond acceptors (Lipinski definition) is 6. The van der Waals surface area contributed by atoms with Gasteiger partial charge in [0.2, 0.25) is 11.7 Å². The Balaban J connectivity index is 2.44. The molecule has 0 aliphatic rings. The highest BCUT2D eigenvalue weighted by Crippen LogP contribution is 2.32. The summed E-state index contributed by atoms with van der Waals surface area (Å²) in [7, 11) is 4.75. The molecule has 0 fully saturated rings. The lowest BCUT2D eigenvalue weighted by Crippen LogP contribution is -2.13. The lowest BCUT2D eigenvalue weighted by molar-refractivity contribution is -0.384. The van der Waals surface area contributed by atoms with E-state index in [1.807, 2.05) is 0 Å². The first-order valence-electron chi connectivity index (χ1n) is 6.14. The van der Waals surface area contributed by atoms with Crippen molar-refractivity contribution in [3.05, 3.63) is 46.5 Å². The van der Waals surface area contributed by atoms with Gasteiger partial charge in [0.25, 0.3) is 0 Å². The molecular weight excluding hydrogens is 274 g/mol. The van der Waals surface area contributed by atoms with E-state index < -0.39 is 4.92 Å². The molecule has 0 atom stereocenters. The molecule has 0 saturated heterocycles. The second-order valence-electron chi connectivity index (χ2n) is 4.21. The highest BCUT2D eigenvalue weighted by molar-refractivity contribution is 5.68. The second kappa shape index (κ2) is 6.08. The van der Waals surface area contributed by atoms with E-state index in [2.05, 4.69) is 4.98 Å². The monoisotopic (exact) mass is 289 g/mol. The number of rotatable bonds is 5. The third-order valence-corrected chi connectivity index (χ3v) is 3.01. The van der Waals surface area contributed by atoms with Crippen LogP contribution in [0.5, 0.6) is 11.6 Å². The van der Waals surface area contributed by atoms with Gasteiger partial charge in [-0.15, -0.1) is 0 Å². The molecule has 2 aromatic rings. The van der Waals surface area contributed by atoms with Gasteiger partial charge in [0.05, 0.1) is 19.1 Å². The summed E-state index contributed by atoms with van der Waals surface area (Å²) in [5, 5.41) is 11.1. The van der Waals surface area contributed by atoms with Gasteiger partial charge in [0.15, 0.2) is 0 Å². The van der Waals surface area contributed by atoms with Crippen molar-refractivity contribution in [3.8, 4) is 11.6 Å². The Kier molecular flexibility index (Phi) is 4.22. The van der Waals surface area contributed by atoms with Crippen molar-refractivity contribution in [1.29, 1.82) is 0 Å². The van der Waals surface area contributed by atoms with E-state index >= 15 is 0 Å². The number of anilines is 2. The minimum Gasteiger partial charge on any atom is -0.497 e. The molecule has 1 heterocycles. The number of benzene rings is 1. The summed E-state index contributed by atoms with van der Waals surface area (Å²) in [6.45, 7) is 0. The number of aromatic nitrogens is 1. The van der Waals surface area contributed by atoms with Crippen LogP contribution in [0, 0.1) is 10.1 Å². The molecule has 7 nitrogen and oxygen atoms in total. The Labute approximate surface area is 121 Å². The van der Waals surface area contributed by atoms with Crippen LogP contribution in [0.25, 0.3) is 0 Å². The number of nitro groups is 1. The second-order valence-corrected chi connectivity index (χ2v) is 4.21. The van der Waals surface area contributed by atoms with Gasteiger partial charge in [-0.2, -0.15) is 4.98 Å². The lowest BCUT2D eigenvalue weighted by atomic mass is 10.2. The van der Waals surface area contributed by atoms with Crippen molar-refractivity contribution in [1.82, 2.24) is 4.98 Å². The predicted octanol–water partition coefficient (Wildman–Crippen LogP) is 2.77. The third kappa shape index (κ3) is 3.02.